The molecule has 0 fully saturated rings. The summed E-state index contributed by atoms with van der Waals surface area (Å²) in [4.78, 5) is 11.4. The molecule has 1 N–H and O–H groups in total. The van der Waals surface area contributed by atoms with Crippen LogP contribution in [0.1, 0.15) is 16.7 Å². The largest absolute Gasteiger partial charge is 0.478 e. The molecule has 0 aliphatic carbocycles. The summed E-state index contributed by atoms with van der Waals surface area (Å²) < 4.78 is 6.60. The Kier molecular flexibility index (Phi) is 5.02. The first kappa shape index (κ1) is 15.6. The molecule has 0 spiro atoms. The van der Waals surface area contributed by atoms with Gasteiger partial charge in [0.2, 0.25) is 0 Å². The van der Waals surface area contributed by atoms with E-state index in [1.165, 1.54) is 0 Å². The van der Waals surface area contributed by atoms with Gasteiger partial charge >= 0.3 is 5.97 Å². The fraction of sp³-hybridized carbons (Fsp3) is 0.235. The molecule has 0 aromatic heterocycles. The number of benzene rings is 2. The van der Waals surface area contributed by atoms with E-state index in [1.54, 1.807) is 6.07 Å². The van der Waals surface area contributed by atoms with Crippen LogP contribution in [0.15, 0.2) is 46.9 Å². The van der Waals surface area contributed by atoms with Crippen LogP contribution in [0.5, 0.6) is 5.75 Å². The standard InChI is InChI=1S/C17H17BrO3/c1-11-3-8-15(9-12(11)2)21-16(17(19)20)10-13-4-6-14(18)7-5-13/h3-9,16H,10H2,1-2H3,(H,19,20)/t16-/m1/s1. The van der Waals surface area contributed by atoms with Gasteiger partial charge in [0.1, 0.15) is 5.75 Å². The molecule has 0 amide bonds. The van der Waals surface area contributed by atoms with E-state index in [9.17, 15) is 9.90 Å². The van der Waals surface area contributed by atoms with Gasteiger partial charge in [0.25, 0.3) is 0 Å². The highest BCUT2D eigenvalue weighted by atomic mass is 79.9. The average Bonchev–Trinajstić information content (AvgIpc) is 2.44. The molecule has 0 unspecified atom stereocenters. The Balaban J connectivity index is 2.13. The molecule has 0 heterocycles. The second-order valence-electron chi connectivity index (χ2n) is 5.02. The van der Waals surface area contributed by atoms with E-state index in [4.69, 9.17) is 4.74 Å². The summed E-state index contributed by atoms with van der Waals surface area (Å²) in [5.74, 6) is -0.376. The Morgan fingerprint density at radius 1 is 1.14 bits per heavy atom. The lowest BCUT2D eigenvalue weighted by Gasteiger charge is -2.16. The highest BCUT2D eigenvalue weighted by Crippen LogP contribution is 2.20. The highest BCUT2D eigenvalue weighted by molar-refractivity contribution is 9.10. The quantitative estimate of drug-likeness (QED) is 0.883. The number of aliphatic carboxylic acids is 1. The van der Waals surface area contributed by atoms with Crippen LogP contribution in [0.4, 0.5) is 0 Å². The molecule has 110 valence electrons. The predicted molar refractivity (Wildman–Crippen MR) is 85.8 cm³/mol. The van der Waals surface area contributed by atoms with Crippen LogP contribution in [-0.4, -0.2) is 17.2 Å². The van der Waals surface area contributed by atoms with E-state index in [0.717, 1.165) is 21.2 Å². The van der Waals surface area contributed by atoms with Gasteiger partial charge in [0.15, 0.2) is 6.10 Å². The van der Waals surface area contributed by atoms with Crippen molar-refractivity contribution in [3.05, 3.63) is 63.6 Å². The van der Waals surface area contributed by atoms with Crippen molar-refractivity contribution in [1.29, 1.82) is 0 Å². The molecule has 4 heteroatoms. The number of hydrogen-bond acceptors (Lipinski definition) is 2. The minimum absolute atomic E-state index is 0.329. The third kappa shape index (κ3) is 4.33. The first-order valence-electron chi connectivity index (χ1n) is 6.67. The maximum Gasteiger partial charge on any atom is 0.345 e. The number of ether oxygens (including phenoxy) is 1. The van der Waals surface area contributed by atoms with Crippen LogP contribution < -0.4 is 4.74 Å². The summed E-state index contributed by atoms with van der Waals surface area (Å²) >= 11 is 3.36. The molecule has 2 rings (SSSR count). The number of carboxylic acid groups (broad SMARTS) is 1. The van der Waals surface area contributed by atoms with Gasteiger partial charge in [-0.15, -0.1) is 0 Å². The highest BCUT2D eigenvalue weighted by Gasteiger charge is 2.20. The molecule has 21 heavy (non-hydrogen) atoms. The Hall–Kier alpha value is -1.81. The summed E-state index contributed by atoms with van der Waals surface area (Å²) in [5.41, 5.74) is 3.16. The van der Waals surface area contributed by atoms with Crippen molar-refractivity contribution in [2.75, 3.05) is 0 Å². The van der Waals surface area contributed by atoms with E-state index in [2.05, 4.69) is 15.9 Å². The van der Waals surface area contributed by atoms with Crippen LogP contribution in [0, 0.1) is 13.8 Å². The van der Waals surface area contributed by atoms with Gasteiger partial charge in [-0.3, -0.25) is 0 Å². The van der Waals surface area contributed by atoms with Crippen molar-refractivity contribution < 1.29 is 14.6 Å². The molecular weight excluding hydrogens is 332 g/mol. The summed E-state index contributed by atoms with van der Waals surface area (Å²) in [6, 6.07) is 13.2. The van der Waals surface area contributed by atoms with E-state index < -0.39 is 12.1 Å². The molecular formula is C17H17BrO3. The predicted octanol–water partition coefficient (Wildman–Crippen LogP) is 4.14. The van der Waals surface area contributed by atoms with Gasteiger partial charge in [0, 0.05) is 10.9 Å². The average molecular weight is 349 g/mol. The van der Waals surface area contributed by atoms with Gasteiger partial charge < -0.3 is 9.84 Å². The number of carbonyl (C=O) groups is 1. The fourth-order valence-corrected chi connectivity index (χ4v) is 2.23. The molecule has 2 aromatic carbocycles. The summed E-state index contributed by atoms with van der Waals surface area (Å²) in [6.45, 7) is 3.99. The molecule has 1 atom stereocenters. The molecule has 0 radical (unpaired) electrons. The Morgan fingerprint density at radius 3 is 2.38 bits per heavy atom. The lowest BCUT2D eigenvalue weighted by atomic mass is 10.1. The van der Waals surface area contributed by atoms with Gasteiger partial charge in [-0.2, -0.15) is 0 Å². The van der Waals surface area contributed by atoms with E-state index in [0.29, 0.717) is 12.2 Å². The van der Waals surface area contributed by atoms with Crippen molar-refractivity contribution in [2.45, 2.75) is 26.4 Å². The SMILES string of the molecule is Cc1ccc(O[C@H](Cc2ccc(Br)cc2)C(=O)O)cc1C. The van der Waals surface area contributed by atoms with Crippen LogP contribution in [0.25, 0.3) is 0 Å². The summed E-state index contributed by atoms with van der Waals surface area (Å²) in [6.07, 6.45) is -0.566. The third-order valence-electron chi connectivity index (χ3n) is 3.37. The normalized spacial score (nSPS) is 12.0. The maximum atomic E-state index is 11.4. The van der Waals surface area contributed by atoms with Crippen molar-refractivity contribution >= 4 is 21.9 Å². The van der Waals surface area contributed by atoms with E-state index in [-0.39, 0.29) is 0 Å². The first-order chi connectivity index (χ1) is 9.95. The van der Waals surface area contributed by atoms with Crippen LogP contribution in [0.3, 0.4) is 0 Å². The molecule has 0 aliphatic rings. The lowest BCUT2D eigenvalue weighted by molar-refractivity contribution is -0.145. The van der Waals surface area contributed by atoms with Crippen molar-refractivity contribution in [3.63, 3.8) is 0 Å². The number of halogens is 1. The molecule has 0 saturated carbocycles. The number of hydrogen-bond donors (Lipinski definition) is 1. The van der Waals surface area contributed by atoms with Gasteiger partial charge in [-0.05, 0) is 54.8 Å². The first-order valence-corrected chi connectivity index (χ1v) is 7.46. The second kappa shape index (κ2) is 6.76. The summed E-state index contributed by atoms with van der Waals surface area (Å²) in [7, 11) is 0. The zero-order chi connectivity index (χ0) is 15.4. The van der Waals surface area contributed by atoms with Gasteiger partial charge in [0.05, 0.1) is 0 Å². The Morgan fingerprint density at radius 2 is 1.81 bits per heavy atom. The van der Waals surface area contributed by atoms with Crippen molar-refractivity contribution in [2.24, 2.45) is 0 Å². The van der Waals surface area contributed by atoms with Gasteiger partial charge in [-0.1, -0.05) is 34.1 Å². The van der Waals surface area contributed by atoms with Crippen LogP contribution in [0.2, 0.25) is 0 Å². The van der Waals surface area contributed by atoms with Crippen LogP contribution in [-0.2, 0) is 11.2 Å². The van der Waals surface area contributed by atoms with Gasteiger partial charge in [-0.25, -0.2) is 4.79 Å². The van der Waals surface area contributed by atoms with Crippen molar-refractivity contribution in [3.8, 4) is 5.75 Å². The minimum Gasteiger partial charge on any atom is -0.478 e. The van der Waals surface area contributed by atoms with E-state index >= 15 is 0 Å². The summed E-state index contributed by atoms with van der Waals surface area (Å²) in [5, 5.41) is 9.34. The maximum absolute atomic E-state index is 11.4. The molecule has 0 bridgehead atoms. The number of aryl methyl sites for hydroxylation is 2. The zero-order valence-corrected chi connectivity index (χ0v) is 13.6. The lowest BCUT2D eigenvalue weighted by Crippen LogP contribution is -2.29. The Labute approximate surface area is 132 Å². The molecule has 0 aliphatic heterocycles. The monoisotopic (exact) mass is 348 g/mol. The third-order valence-corrected chi connectivity index (χ3v) is 3.90. The molecule has 0 saturated heterocycles. The smallest absolute Gasteiger partial charge is 0.345 e. The number of carboxylic acids is 1. The minimum atomic E-state index is -0.962. The van der Waals surface area contributed by atoms with E-state index in [1.807, 2.05) is 50.2 Å². The second-order valence-corrected chi connectivity index (χ2v) is 5.94. The molecule has 2 aromatic rings. The molecule has 3 nitrogen and oxygen atoms in total. The van der Waals surface area contributed by atoms with Crippen LogP contribution >= 0.6 is 15.9 Å². The zero-order valence-electron chi connectivity index (χ0n) is 12.0. The number of rotatable bonds is 5. The Bertz CT molecular complexity index is 635. The fourth-order valence-electron chi connectivity index (χ4n) is 1.97. The van der Waals surface area contributed by atoms with Crippen molar-refractivity contribution in [1.82, 2.24) is 0 Å². The topological polar surface area (TPSA) is 46.5 Å².